The van der Waals surface area contributed by atoms with Crippen molar-refractivity contribution in [2.75, 3.05) is 6.54 Å². The smallest absolute Gasteiger partial charge is 0.258 e. The average Bonchev–Trinajstić information content (AvgIpc) is 2.41. The Morgan fingerprint density at radius 1 is 1.38 bits per heavy atom. The highest BCUT2D eigenvalue weighted by atomic mass is 32.2. The summed E-state index contributed by atoms with van der Waals surface area (Å²) < 4.78 is 40.1. The Labute approximate surface area is 123 Å². The summed E-state index contributed by atoms with van der Waals surface area (Å²) in [5.74, 6) is -1.01. The largest absolute Gasteiger partial charge is 0.306 e. The molecule has 1 unspecified atom stereocenters. The molecule has 0 radical (unpaired) electrons. The van der Waals surface area contributed by atoms with Gasteiger partial charge in [0.2, 0.25) is 15.8 Å². The summed E-state index contributed by atoms with van der Waals surface area (Å²) >= 11 is 0. The van der Waals surface area contributed by atoms with Crippen LogP contribution in [0, 0.1) is 22.9 Å². The van der Waals surface area contributed by atoms with Crippen LogP contribution in [0.4, 0.5) is 10.1 Å². The van der Waals surface area contributed by atoms with E-state index < -0.39 is 26.5 Å². The summed E-state index contributed by atoms with van der Waals surface area (Å²) in [7, 11) is -3.90. The fraction of sp³-hybridized carbons (Fsp3) is 0.538. The zero-order chi connectivity index (χ0) is 16.4. The van der Waals surface area contributed by atoms with Gasteiger partial charge >= 0.3 is 5.69 Å². The third kappa shape index (κ3) is 3.38. The number of nitro benzene ring substituents is 1. The molecule has 0 N–H and O–H groups in total. The quantitative estimate of drug-likeness (QED) is 0.596. The predicted octanol–water partition coefficient (Wildman–Crippen LogP) is 2.85. The Hall–Kier alpha value is -1.54. The zero-order valence-electron chi connectivity index (χ0n) is 12.5. The van der Waals surface area contributed by atoms with Crippen molar-refractivity contribution >= 4 is 15.7 Å². The molecule has 0 aliphatic heterocycles. The lowest BCUT2D eigenvalue weighted by Gasteiger charge is -2.26. The molecule has 0 amide bonds. The Kier molecular flexibility index (Phi) is 5.41. The van der Waals surface area contributed by atoms with E-state index in [1.54, 1.807) is 13.8 Å². The van der Waals surface area contributed by atoms with E-state index in [2.05, 4.69) is 0 Å². The number of halogens is 1. The molecule has 1 atom stereocenters. The third-order valence-corrected chi connectivity index (χ3v) is 5.47. The second kappa shape index (κ2) is 6.48. The molecule has 1 aromatic rings. The molecule has 8 heteroatoms. The molecule has 1 rings (SSSR count). The van der Waals surface area contributed by atoms with Gasteiger partial charge in [-0.1, -0.05) is 13.8 Å². The molecule has 21 heavy (non-hydrogen) atoms. The van der Waals surface area contributed by atoms with Crippen molar-refractivity contribution in [2.24, 2.45) is 0 Å². The van der Waals surface area contributed by atoms with Gasteiger partial charge in [-0.2, -0.15) is 8.70 Å². The first kappa shape index (κ1) is 17.5. The maximum absolute atomic E-state index is 13.7. The Balaban J connectivity index is 3.48. The molecule has 0 bridgehead atoms. The van der Waals surface area contributed by atoms with Gasteiger partial charge < -0.3 is 0 Å². The van der Waals surface area contributed by atoms with Crippen molar-refractivity contribution in [3.05, 3.63) is 33.6 Å². The second-order valence-corrected chi connectivity index (χ2v) is 6.69. The third-order valence-electron chi connectivity index (χ3n) is 3.41. The van der Waals surface area contributed by atoms with E-state index in [1.807, 2.05) is 6.92 Å². The minimum absolute atomic E-state index is 0.0667. The van der Waals surface area contributed by atoms with Crippen LogP contribution in [0.1, 0.15) is 32.8 Å². The molecule has 0 spiro atoms. The number of hydrogen-bond acceptors (Lipinski definition) is 4. The molecule has 0 saturated carbocycles. The number of rotatable bonds is 6. The highest BCUT2D eigenvalue weighted by Gasteiger charge is 2.30. The number of benzene rings is 1. The van der Waals surface area contributed by atoms with Gasteiger partial charge in [0.1, 0.15) is 0 Å². The topological polar surface area (TPSA) is 80.5 Å². The molecule has 6 nitrogen and oxygen atoms in total. The summed E-state index contributed by atoms with van der Waals surface area (Å²) in [5, 5.41) is 10.8. The Morgan fingerprint density at radius 3 is 2.38 bits per heavy atom. The van der Waals surface area contributed by atoms with Crippen LogP contribution < -0.4 is 0 Å². The van der Waals surface area contributed by atoms with Crippen LogP contribution in [0.3, 0.4) is 0 Å². The molecular formula is C13H19FN2O4S. The minimum Gasteiger partial charge on any atom is -0.258 e. The molecular weight excluding hydrogens is 299 g/mol. The number of nitrogens with zero attached hydrogens (tertiary/aromatic N) is 2. The highest BCUT2D eigenvalue weighted by Crippen LogP contribution is 2.28. The molecule has 0 aliphatic rings. The van der Waals surface area contributed by atoms with Crippen molar-refractivity contribution in [3.8, 4) is 0 Å². The summed E-state index contributed by atoms with van der Waals surface area (Å²) in [4.78, 5) is 9.67. The SMILES string of the molecule is CCC(C)N(CC)S(=O)(=O)c1cc(C)c(F)c([N+](=O)[O-])c1. The van der Waals surface area contributed by atoms with E-state index in [1.165, 1.54) is 11.2 Å². The van der Waals surface area contributed by atoms with Gasteiger partial charge in [-0.15, -0.1) is 0 Å². The summed E-state index contributed by atoms with van der Waals surface area (Å²) in [5.41, 5.74) is -0.892. The lowest BCUT2D eigenvalue weighted by Crippen LogP contribution is -2.38. The molecule has 0 aliphatic carbocycles. The molecule has 0 saturated heterocycles. The van der Waals surface area contributed by atoms with E-state index in [9.17, 15) is 22.9 Å². The van der Waals surface area contributed by atoms with E-state index in [-0.39, 0.29) is 23.0 Å². The Morgan fingerprint density at radius 2 is 1.95 bits per heavy atom. The maximum atomic E-state index is 13.7. The number of nitro groups is 1. The lowest BCUT2D eigenvalue weighted by molar-refractivity contribution is -0.387. The van der Waals surface area contributed by atoms with Crippen LogP contribution in [0.5, 0.6) is 0 Å². The average molecular weight is 318 g/mol. The van der Waals surface area contributed by atoms with Crippen LogP contribution in [0.25, 0.3) is 0 Å². The molecule has 118 valence electrons. The monoisotopic (exact) mass is 318 g/mol. The van der Waals surface area contributed by atoms with Crippen molar-refractivity contribution in [1.29, 1.82) is 0 Å². The standard InChI is InChI=1S/C13H19FN2O4S/c1-5-10(4)15(6-2)21(19,20)11-7-9(3)13(14)12(8-11)16(17)18/h7-8,10H,5-6H2,1-4H3. The van der Waals surface area contributed by atoms with E-state index in [4.69, 9.17) is 0 Å². The summed E-state index contributed by atoms with van der Waals surface area (Å²) in [6.45, 7) is 6.84. The lowest BCUT2D eigenvalue weighted by atomic mass is 10.2. The molecule has 0 fully saturated rings. The van der Waals surface area contributed by atoms with Crippen molar-refractivity contribution in [3.63, 3.8) is 0 Å². The van der Waals surface area contributed by atoms with Crippen LogP contribution >= 0.6 is 0 Å². The maximum Gasteiger partial charge on any atom is 0.306 e. The predicted molar refractivity (Wildman–Crippen MR) is 77.1 cm³/mol. The van der Waals surface area contributed by atoms with E-state index in [0.29, 0.717) is 6.42 Å². The van der Waals surface area contributed by atoms with Crippen molar-refractivity contribution in [2.45, 2.75) is 45.1 Å². The van der Waals surface area contributed by atoms with Gasteiger partial charge in [-0.3, -0.25) is 10.1 Å². The van der Waals surface area contributed by atoms with Crippen molar-refractivity contribution in [1.82, 2.24) is 4.31 Å². The van der Waals surface area contributed by atoms with Crippen LogP contribution in [0.2, 0.25) is 0 Å². The zero-order valence-corrected chi connectivity index (χ0v) is 13.3. The fourth-order valence-electron chi connectivity index (χ4n) is 2.06. The fourth-order valence-corrected chi connectivity index (χ4v) is 3.88. The second-order valence-electron chi connectivity index (χ2n) is 4.80. The van der Waals surface area contributed by atoms with Crippen molar-refractivity contribution < 1.29 is 17.7 Å². The van der Waals surface area contributed by atoms with E-state index >= 15 is 0 Å². The van der Waals surface area contributed by atoms with Gasteiger partial charge in [0, 0.05) is 18.7 Å². The Bertz CT molecular complexity index is 646. The summed E-state index contributed by atoms with van der Waals surface area (Å²) in [6, 6.07) is 1.66. The normalized spacial score (nSPS) is 13.4. The van der Waals surface area contributed by atoms with E-state index in [0.717, 1.165) is 12.1 Å². The number of aryl methyl sites for hydroxylation is 1. The van der Waals surface area contributed by atoms with Gasteiger partial charge in [0.25, 0.3) is 0 Å². The molecule has 0 heterocycles. The first-order valence-electron chi connectivity index (χ1n) is 6.63. The minimum atomic E-state index is -3.90. The molecule has 0 aromatic heterocycles. The number of hydrogen-bond donors (Lipinski definition) is 0. The first-order chi connectivity index (χ1) is 9.66. The van der Waals surface area contributed by atoms with Gasteiger partial charge in [-0.25, -0.2) is 8.42 Å². The van der Waals surface area contributed by atoms with Gasteiger partial charge in [0.05, 0.1) is 9.82 Å². The number of sulfonamides is 1. The van der Waals surface area contributed by atoms with Gasteiger partial charge in [-0.05, 0) is 31.9 Å². The van der Waals surface area contributed by atoms with Crippen LogP contribution in [0.15, 0.2) is 17.0 Å². The van der Waals surface area contributed by atoms with Gasteiger partial charge in [0.15, 0.2) is 0 Å². The first-order valence-corrected chi connectivity index (χ1v) is 8.07. The molecule has 1 aromatic carbocycles. The van der Waals surface area contributed by atoms with Crippen LogP contribution in [-0.2, 0) is 10.0 Å². The highest BCUT2D eigenvalue weighted by molar-refractivity contribution is 7.89. The van der Waals surface area contributed by atoms with Crippen LogP contribution in [-0.4, -0.2) is 30.2 Å². The summed E-state index contributed by atoms with van der Waals surface area (Å²) in [6.07, 6.45) is 0.606.